The van der Waals surface area contributed by atoms with Crippen LogP contribution in [0.25, 0.3) is 10.9 Å². The number of fused-ring (bicyclic) bond motifs is 1. The minimum Gasteiger partial charge on any atom is -0.374 e. The molecule has 0 aliphatic carbocycles. The number of para-hydroxylation sites is 1. The van der Waals surface area contributed by atoms with Crippen LogP contribution in [0.2, 0.25) is 33.2 Å². The molecule has 0 saturated heterocycles. The zero-order valence-corrected chi connectivity index (χ0v) is 23.3. The topological polar surface area (TPSA) is 4.93 Å². The Bertz CT molecular complexity index is 768. The molecule has 0 unspecified atom stereocenters. The summed E-state index contributed by atoms with van der Waals surface area (Å²) in [7, 11) is -3.64. The molecule has 2 rings (SSSR count). The van der Waals surface area contributed by atoms with Crippen LogP contribution in [0.15, 0.2) is 30.3 Å². The van der Waals surface area contributed by atoms with Crippen LogP contribution in [-0.4, -0.2) is 20.5 Å². The average Bonchev–Trinajstić information content (AvgIpc) is 2.94. The highest BCUT2D eigenvalue weighted by Crippen LogP contribution is 2.47. The molecule has 0 atom stereocenters. The third kappa shape index (κ3) is 3.50. The van der Waals surface area contributed by atoms with E-state index in [-0.39, 0.29) is 0 Å². The third-order valence-corrected chi connectivity index (χ3v) is 22.2. The zero-order valence-electron chi connectivity index (χ0n) is 21.3. The molecule has 0 spiro atoms. The molecule has 1 nitrogen and oxygen atoms in total. The lowest BCUT2D eigenvalue weighted by Gasteiger charge is -2.51. The second-order valence-corrected chi connectivity index (χ2v) is 22.7. The molecule has 0 N–H and O–H groups in total. The van der Waals surface area contributed by atoms with Crippen molar-refractivity contribution in [3.05, 3.63) is 30.3 Å². The monoisotopic (exact) mass is 429 g/mol. The molecule has 1 aromatic heterocycles. The predicted molar refractivity (Wildman–Crippen MR) is 139 cm³/mol. The van der Waals surface area contributed by atoms with Crippen molar-refractivity contribution in [3.63, 3.8) is 0 Å². The standard InChI is InChI=1S/C26H47NSi2/c1-18(2)28(19(3)4,20(5)6)26-17-24-15-13-14-16-25(24)27(26)29(21(7)8,22(9)10)23(11)12/h13-23H,1-12H3. The summed E-state index contributed by atoms with van der Waals surface area (Å²) in [6.45, 7) is 30.1. The summed E-state index contributed by atoms with van der Waals surface area (Å²) < 4.78 is 3.02. The number of hydrogen-bond acceptors (Lipinski definition) is 0. The Morgan fingerprint density at radius 2 is 1.00 bits per heavy atom. The van der Waals surface area contributed by atoms with Crippen LogP contribution in [0.5, 0.6) is 0 Å². The summed E-state index contributed by atoms with van der Waals surface area (Å²) in [5.41, 5.74) is 5.79. The van der Waals surface area contributed by atoms with Crippen molar-refractivity contribution in [2.45, 2.75) is 116 Å². The maximum Gasteiger partial charge on any atom is 0.169 e. The summed E-state index contributed by atoms with van der Waals surface area (Å²) >= 11 is 0. The molecule has 2 aromatic rings. The Hall–Kier alpha value is -0.806. The first-order chi connectivity index (χ1) is 13.4. The van der Waals surface area contributed by atoms with Crippen molar-refractivity contribution in [3.8, 4) is 0 Å². The fourth-order valence-electron chi connectivity index (χ4n) is 7.55. The molecule has 0 aliphatic rings. The molecule has 1 aromatic carbocycles. The summed E-state index contributed by atoms with van der Waals surface area (Å²) in [5.74, 6) is 0. The fraction of sp³-hybridized carbons (Fsp3) is 0.692. The minimum absolute atomic E-state index is 0.704. The van der Waals surface area contributed by atoms with Gasteiger partial charge in [-0.15, -0.1) is 0 Å². The maximum absolute atomic E-state index is 3.02. The van der Waals surface area contributed by atoms with E-state index in [4.69, 9.17) is 0 Å². The summed E-state index contributed by atoms with van der Waals surface area (Å²) in [5, 5.41) is 3.21. The fourth-order valence-corrected chi connectivity index (χ4v) is 22.1. The molecule has 0 fully saturated rings. The Labute approximate surface area is 183 Å². The summed E-state index contributed by atoms with van der Waals surface area (Å²) in [6.07, 6.45) is 0. The first kappa shape index (κ1) is 24.5. The minimum atomic E-state index is -1.86. The molecule has 0 bridgehead atoms. The summed E-state index contributed by atoms with van der Waals surface area (Å²) in [6, 6.07) is 11.9. The molecule has 3 heteroatoms. The SMILES string of the molecule is CC(C)[Si](c1cc2ccccc2n1[Si](C(C)C)(C(C)C)C(C)C)(C(C)C)C(C)C. The molecular weight excluding hydrogens is 382 g/mol. The first-order valence-corrected chi connectivity index (χ1v) is 16.4. The van der Waals surface area contributed by atoms with E-state index in [9.17, 15) is 0 Å². The Morgan fingerprint density at radius 3 is 1.38 bits per heavy atom. The first-order valence-electron chi connectivity index (χ1n) is 12.0. The van der Waals surface area contributed by atoms with Crippen LogP contribution >= 0.6 is 0 Å². The van der Waals surface area contributed by atoms with Gasteiger partial charge in [0.05, 0.1) is 0 Å². The molecule has 1 heterocycles. The van der Waals surface area contributed by atoms with Crippen molar-refractivity contribution in [2.24, 2.45) is 0 Å². The quantitative estimate of drug-likeness (QED) is 0.370. The molecule has 29 heavy (non-hydrogen) atoms. The average molecular weight is 430 g/mol. The van der Waals surface area contributed by atoms with E-state index < -0.39 is 16.3 Å². The van der Waals surface area contributed by atoms with Crippen LogP contribution in [0.4, 0.5) is 0 Å². The molecule has 164 valence electrons. The van der Waals surface area contributed by atoms with Crippen LogP contribution in [0.3, 0.4) is 0 Å². The molecule has 0 amide bonds. The third-order valence-electron chi connectivity index (χ3n) is 8.18. The van der Waals surface area contributed by atoms with E-state index in [2.05, 4.69) is 118 Å². The van der Waals surface area contributed by atoms with E-state index in [1.54, 1.807) is 5.32 Å². The van der Waals surface area contributed by atoms with E-state index in [1.165, 1.54) is 10.9 Å². The van der Waals surface area contributed by atoms with Gasteiger partial charge in [-0.1, -0.05) is 101 Å². The normalized spacial score (nSPS) is 14.0. The van der Waals surface area contributed by atoms with E-state index in [1.807, 2.05) is 0 Å². The zero-order chi connectivity index (χ0) is 22.3. The van der Waals surface area contributed by atoms with Gasteiger partial charge in [-0.05, 0) is 56.1 Å². The van der Waals surface area contributed by atoms with E-state index >= 15 is 0 Å². The highest BCUT2D eigenvalue weighted by atomic mass is 28.3. The van der Waals surface area contributed by atoms with Crippen molar-refractivity contribution >= 4 is 32.5 Å². The Morgan fingerprint density at radius 1 is 0.586 bits per heavy atom. The number of aromatic nitrogens is 1. The van der Waals surface area contributed by atoms with Crippen LogP contribution < -0.4 is 5.32 Å². The van der Waals surface area contributed by atoms with Crippen molar-refractivity contribution in [1.29, 1.82) is 0 Å². The Balaban J connectivity index is 3.15. The van der Waals surface area contributed by atoms with Gasteiger partial charge in [0.15, 0.2) is 8.24 Å². The van der Waals surface area contributed by atoms with Gasteiger partial charge >= 0.3 is 0 Å². The van der Waals surface area contributed by atoms with Gasteiger partial charge in [0, 0.05) is 5.52 Å². The van der Waals surface area contributed by atoms with Gasteiger partial charge in [-0.2, -0.15) is 0 Å². The van der Waals surface area contributed by atoms with Crippen molar-refractivity contribution in [1.82, 2.24) is 4.23 Å². The number of hydrogen-bond donors (Lipinski definition) is 0. The number of benzene rings is 1. The van der Waals surface area contributed by atoms with Gasteiger partial charge in [0.25, 0.3) is 0 Å². The predicted octanol–water partition coefficient (Wildman–Crippen LogP) is 8.55. The lowest BCUT2D eigenvalue weighted by atomic mass is 10.3. The second-order valence-electron chi connectivity index (χ2n) is 11.2. The van der Waals surface area contributed by atoms with E-state index in [0.717, 1.165) is 16.6 Å². The molecule has 0 radical (unpaired) electrons. The van der Waals surface area contributed by atoms with Crippen molar-refractivity contribution in [2.75, 3.05) is 0 Å². The van der Waals surface area contributed by atoms with Crippen LogP contribution in [0.1, 0.15) is 83.1 Å². The number of nitrogens with zero attached hydrogens (tertiary/aromatic N) is 1. The second kappa shape index (κ2) is 8.74. The largest absolute Gasteiger partial charge is 0.374 e. The smallest absolute Gasteiger partial charge is 0.169 e. The lowest BCUT2D eigenvalue weighted by molar-refractivity contribution is 0.769. The van der Waals surface area contributed by atoms with Gasteiger partial charge in [0.1, 0.15) is 8.07 Å². The Kier molecular flexibility index (Phi) is 7.38. The van der Waals surface area contributed by atoms with Gasteiger partial charge in [-0.3, -0.25) is 0 Å². The van der Waals surface area contributed by atoms with Crippen molar-refractivity contribution < 1.29 is 0 Å². The van der Waals surface area contributed by atoms with E-state index in [0.29, 0.717) is 16.6 Å². The van der Waals surface area contributed by atoms with Gasteiger partial charge in [-0.25, -0.2) is 0 Å². The molecule has 0 saturated carbocycles. The maximum atomic E-state index is 3.02. The van der Waals surface area contributed by atoms with Crippen LogP contribution in [-0.2, 0) is 0 Å². The highest BCUT2D eigenvalue weighted by Gasteiger charge is 2.52. The lowest BCUT2D eigenvalue weighted by Crippen LogP contribution is -2.65. The van der Waals surface area contributed by atoms with Crippen LogP contribution in [0, 0.1) is 0 Å². The van der Waals surface area contributed by atoms with Gasteiger partial charge in [0.2, 0.25) is 0 Å². The van der Waals surface area contributed by atoms with Gasteiger partial charge < -0.3 is 4.23 Å². The highest BCUT2D eigenvalue weighted by molar-refractivity contribution is 6.97. The molecule has 0 aliphatic heterocycles. The molecular formula is C26H47NSi2. The number of rotatable bonds is 8. The summed E-state index contributed by atoms with van der Waals surface area (Å²) in [4.78, 5) is 0.